The standard InChI is InChI=1S/C18H15N3O5/c1-12-2-4-13(5-3-12)10-17(22)25-11-16-19-18(20-26-16)14-6-8-15(9-7-14)21(23)24/h2-9H,10-11H2,1H3. The van der Waals surface area contributed by atoms with Crippen molar-refractivity contribution in [2.45, 2.75) is 20.0 Å². The van der Waals surface area contributed by atoms with Gasteiger partial charge in [-0.2, -0.15) is 4.98 Å². The van der Waals surface area contributed by atoms with Crippen LogP contribution in [0.1, 0.15) is 17.0 Å². The second-order valence-electron chi connectivity index (χ2n) is 5.64. The molecule has 3 rings (SSSR count). The Morgan fingerprint density at radius 3 is 2.50 bits per heavy atom. The fourth-order valence-corrected chi connectivity index (χ4v) is 2.23. The Hall–Kier alpha value is -3.55. The molecule has 0 aliphatic rings. The highest BCUT2D eigenvalue weighted by Crippen LogP contribution is 2.20. The average molecular weight is 353 g/mol. The molecule has 0 N–H and O–H groups in total. The van der Waals surface area contributed by atoms with E-state index in [2.05, 4.69) is 10.1 Å². The number of carbonyl (C=O) groups excluding carboxylic acids is 1. The van der Waals surface area contributed by atoms with Gasteiger partial charge in [-0.1, -0.05) is 35.0 Å². The number of nitro groups is 1. The van der Waals surface area contributed by atoms with Crippen molar-refractivity contribution >= 4 is 11.7 Å². The number of ether oxygens (including phenoxy) is 1. The molecule has 0 spiro atoms. The minimum absolute atomic E-state index is 0.0255. The van der Waals surface area contributed by atoms with E-state index in [0.29, 0.717) is 5.56 Å². The van der Waals surface area contributed by atoms with Crippen LogP contribution in [0.2, 0.25) is 0 Å². The van der Waals surface area contributed by atoms with Crippen molar-refractivity contribution in [3.63, 3.8) is 0 Å². The highest BCUT2D eigenvalue weighted by molar-refractivity contribution is 5.72. The average Bonchev–Trinajstić information content (AvgIpc) is 3.11. The molecule has 8 heteroatoms. The second kappa shape index (κ2) is 7.56. The molecule has 1 aromatic heterocycles. The third-order valence-corrected chi connectivity index (χ3v) is 3.63. The smallest absolute Gasteiger partial charge is 0.310 e. The van der Waals surface area contributed by atoms with Gasteiger partial charge in [0, 0.05) is 17.7 Å². The van der Waals surface area contributed by atoms with E-state index in [0.717, 1.165) is 11.1 Å². The monoisotopic (exact) mass is 353 g/mol. The van der Waals surface area contributed by atoms with Crippen molar-refractivity contribution < 1.29 is 19.0 Å². The van der Waals surface area contributed by atoms with Crippen molar-refractivity contribution in [3.8, 4) is 11.4 Å². The predicted octanol–water partition coefficient (Wildman–Crippen LogP) is 3.24. The number of esters is 1. The maximum absolute atomic E-state index is 11.9. The molecule has 26 heavy (non-hydrogen) atoms. The molecule has 0 radical (unpaired) electrons. The number of hydrogen-bond donors (Lipinski definition) is 0. The Balaban J connectivity index is 1.57. The summed E-state index contributed by atoms with van der Waals surface area (Å²) in [5.74, 6) is 0.0176. The Morgan fingerprint density at radius 1 is 1.15 bits per heavy atom. The van der Waals surface area contributed by atoms with Crippen molar-refractivity contribution in [1.29, 1.82) is 0 Å². The summed E-state index contributed by atoms with van der Waals surface area (Å²) >= 11 is 0. The lowest BCUT2D eigenvalue weighted by Crippen LogP contribution is -2.08. The molecule has 0 atom stereocenters. The third kappa shape index (κ3) is 4.29. The van der Waals surface area contributed by atoms with E-state index in [1.165, 1.54) is 24.3 Å². The molecular weight excluding hydrogens is 338 g/mol. The Morgan fingerprint density at radius 2 is 1.85 bits per heavy atom. The minimum atomic E-state index is -0.487. The van der Waals surface area contributed by atoms with Crippen molar-refractivity contribution in [3.05, 3.63) is 75.7 Å². The molecule has 132 valence electrons. The lowest BCUT2D eigenvalue weighted by molar-refractivity contribution is -0.384. The summed E-state index contributed by atoms with van der Waals surface area (Å²) in [5.41, 5.74) is 2.52. The Labute approximate surface area is 148 Å². The molecule has 0 fully saturated rings. The van der Waals surface area contributed by atoms with Crippen molar-refractivity contribution in [2.75, 3.05) is 0 Å². The normalized spacial score (nSPS) is 10.5. The van der Waals surface area contributed by atoms with Crippen LogP contribution in [0.5, 0.6) is 0 Å². The highest BCUT2D eigenvalue weighted by atomic mass is 16.6. The van der Waals surface area contributed by atoms with E-state index < -0.39 is 10.9 Å². The van der Waals surface area contributed by atoms with E-state index in [1.807, 2.05) is 31.2 Å². The molecule has 3 aromatic rings. The fourth-order valence-electron chi connectivity index (χ4n) is 2.23. The maximum Gasteiger partial charge on any atom is 0.310 e. The topological polar surface area (TPSA) is 108 Å². The largest absolute Gasteiger partial charge is 0.455 e. The van der Waals surface area contributed by atoms with Gasteiger partial charge in [-0.05, 0) is 24.6 Å². The van der Waals surface area contributed by atoms with E-state index in [9.17, 15) is 14.9 Å². The van der Waals surface area contributed by atoms with Gasteiger partial charge in [-0.15, -0.1) is 0 Å². The van der Waals surface area contributed by atoms with E-state index in [4.69, 9.17) is 9.26 Å². The lowest BCUT2D eigenvalue weighted by atomic mass is 10.1. The number of rotatable bonds is 6. The van der Waals surface area contributed by atoms with Crippen molar-refractivity contribution in [2.24, 2.45) is 0 Å². The van der Waals surface area contributed by atoms with Gasteiger partial charge in [0.2, 0.25) is 5.82 Å². The van der Waals surface area contributed by atoms with E-state index in [1.54, 1.807) is 0 Å². The number of aromatic nitrogens is 2. The van der Waals surface area contributed by atoms with Crippen LogP contribution in [0.25, 0.3) is 11.4 Å². The molecule has 0 saturated carbocycles. The van der Waals surface area contributed by atoms with Crippen LogP contribution in [0.3, 0.4) is 0 Å². The molecule has 0 aliphatic carbocycles. The molecule has 0 unspecified atom stereocenters. The molecule has 8 nitrogen and oxygen atoms in total. The SMILES string of the molecule is Cc1ccc(CC(=O)OCc2nc(-c3ccc([N+](=O)[O-])cc3)no2)cc1. The first kappa shape index (κ1) is 17.3. The van der Waals surface area contributed by atoms with E-state index >= 15 is 0 Å². The first-order chi connectivity index (χ1) is 12.5. The van der Waals surface area contributed by atoms with Crippen LogP contribution in [0, 0.1) is 17.0 Å². The number of benzene rings is 2. The van der Waals surface area contributed by atoms with E-state index in [-0.39, 0.29) is 30.4 Å². The number of nitro benzene ring substituents is 1. The number of aryl methyl sites for hydroxylation is 1. The summed E-state index contributed by atoms with van der Waals surface area (Å²) in [5, 5.41) is 14.4. The summed E-state index contributed by atoms with van der Waals surface area (Å²) < 4.78 is 10.2. The zero-order chi connectivity index (χ0) is 18.5. The fraction of sp³-hybridized carbons (Fsp3) is 0.167. The van der Waals surface area contributed by atoms with Crippen LogP contribution >= 0.6 is 0 Å². The lowest BCUT2D eigenvalue weighted by Gasteiger charge is -2.02. The van der Waals surface area contributed by atoms with Gasteiger partial charge in [0.05, 0.1) is 11.3 Å². The summed E-state index contributed by atoms with van der Waals surface area (Å²) in [6, 6.07) is 13.4. The summed E-state index contributed by atoms with van der Waals surface area (Å²) in [4.78, 5) is 26.2. The molecule has 0 amide bonds. The van der Waals surface area contributed by atoms with Gasteiger partial charge >= 0.3 is 5.97 Å². The number of carbonyl (C=O) groups is 1. The first-order valence-electron chi connectivity index (χ1n) is 7.80. The van der Waals surface area contributed by atoms with Gasteiger partial charge in [-0.25, -0.2) is 0 Å². The Bertz CT molecular complexity index is 917. The van der Waals surface area contributed by atoms with Crippen LogP contribution in [0.4, 0.5) is 5.69 Å². The zero-order valence-corrected chi connectivity index (χ0v) is 13.9. The Kier molecular flexibility index (Phi) is 5.02. The van der Waals surface area contributed by atoms with Crippen molar-refractivity contribution in [1.82, 2.24) is 10.1 Å². The van der Waals surface area contributed by atoms with Gasteiger partial charge < -0.3 is 9.26 Å². The molecular formula is C18H15N3O5. The second-order valence-corrected chi connectivity index (χ2v) is 5.64. The van der Waals surface area contributed by atoms with Crippen LogP contribution in [0.15, 0.2) is 53.1 Å². The summed E-state index contributed by atoms with van der Waals surface area (Å²) in [7, 11) is 0. The minimum Gasteiger partial charge on any atom is -0.455 e. The summed E-state index contributed by atoms with van der Waals surface area (Å²) in [6.07, 6.45) is 0.156. The van der Waals surface area contributed by atoms with Gasteiger partial charge in [0.1, 0.15) is 0 Å². The first-order valence-corrected chi connectivity index (χ1v) is 7.80. The van der Waals surface area contributed by atoms with Crippen LogP contribution in [-0.4, -0.2) is 21.0 Å². The molecule has 2 aromatic carbocycles. The number of hydrogen-bond acceptors (Lipinski definition) is 7. The maximum atomic E-state index is 11.9. The van der Waals surface area contributed by atoms with Crippen LogP contribution in [-0.2, 0) is 22.6 Å². The van der Waals surface area contributed by atoms with Crippen LogP contribution < -0.4 is 0 Å². The van der Waals surface area contributed by atoms with Gasteiger partial charge in [-0.3, -0.25) is 14.9 Å². The molecule has 0 saturated heterocycles. The number of nitrogens with zero attached hydrogens (tertiary/aromatic N) is 3. The molecule has 1 heterocycles. The van der Waals surface area contributed by atoms with Gasteiger partial charge in [0.25, 0.3) is 11.6 Å². The summed E-state index contributed by atoms with van der Waals surface area (Å²) in [6.45, 7) is 1.84. The molecule has 0 bridgehead atoms. The number of non-ortho nitro benzene ring substituents is 1. The quantitative estimate of drug-likeness (QED) is 0.380. The van der Waals surface area contributed by atoms with Gasteiger partial charge in [0.15, 0.2) is 6.61 Å². The third-order valence-electron chi connectivity index (χ3n) is 3.63. The zero-order valence-electron chi connectivity index (χ0n) is 13.9. The highest BCUT2D eigenvalue weighted by Gasteiger charge is 2.13. The molecule has 0 aliphatic heterocycles. The predicted molar refractivity (Wildman–Crippen MR) is 91.1 cm³/mol.